The van der Waals surface area contributed by atoms with E-state index in [1.165, 1.54) is 0 Å². The first kappa shape index (κ1) is 10.9. The van der Waals surface area contributed by atoms with Crippen LogP contribution in [0.3, 0.4) is 0 Å². The van der Waals surface area contributed by atoms with E-state index >= 15 is 0 Å². The second kappa shape index (κ2) is 4.11. The van der Waals surface area contributed by atoms with E-state index in [1.54, 1.807) is 12.3 Å². The molecular weight excluding hydrogens is 202 g/mol. The van der Waals surface area contributed by atoms with Crippen molar-refractivity contribution >= 4 is 5.82 Å². The summed E-state index contributed by atoms with van der Waals surface area (Å²) in [7, 11) is 0. The van der Waals surface area contributed by atoms with Gasteiger partial charge in [0.2, 0.25) is 0 Å². The second-order valence-electron chi connectivity index (χ2n) is 4.53. The molecule has 1 aliphatic heterocycles. The maximum absolute atomic E-state index is 8.87. The Balaban J connectivity index is 2.32. The van der Waals surface area contributed by atoms with Crippen LogP contribution in [0, 0.1) is 11.3 Å². The van der Waals surface area contributed by atoms with Gasteiger partial charge in [0.25, 0.3) is 0 Å². The maximum Gasteiger partial charge on any atom is 0.130 e. The van der Waals surface area contributed by atoms with E-state index in [2.05, 4.69) is 29.8 Å². The monoisotopic (exact) mass is 217 g/mol. The first-order chi connectivity index (χ1) is 7.63. The number of hydrogen-bond acceptors (Lipinski definition) is 4. The van der Waals surface area contributed by atoms with Crippen molar-refractivity contribution in [3.05, 3.63) is 23.9 Å². The lowest BCUT2D eigenvalue weighted by molar-refractivity contribution is 0.0639. The summed E-state index contributed by atoms with van der Waals surface area (Å²) in [6.45, 7) is 6.45. The minimum absolute atomic E-state index is 0.0701. The Kier molecular flexibility index (Phi) is 2.80. The smallest absolute Gasteiger partial charge is 0.130 e. The number of nitrogens with zero attached hydrogens (tertiary/aromatic N) is 3. The van der Waals surface area contributed by atoms with Gasteiger partial charge in [0.05, 0.1) is 30.4 Å². The normalized spacial score (nSPS) is 19.2. The quantitative estimate of drug-likeness (QED) is 0.716. The Bertz CT molecular complexity index is 423. The molecule has 0 bridgehead atoms. The van der Waals surface area contributed by atoms with Gasteiger partial charge < -0.3 is 9.64 Å². The Morgan fingerprint density at radius 2 is 2.38 bits per heavy atom. The van der Waals surface area contributed by atoms with Crippen molar-refractivity contribution in [3.63, 3.8) is 0 Å². The number of ether oxygens (including phenoxy) is 1. The third-order valence-electron chi connectivity index (χ3n) is 2.80. The molecule has 2 rings (SSSR count). The number of pyridine rings is 1. The molecule has 0 amide bonds. The molecule has 0 aliphatic carbocycles. The molecule has 4 nitrogen and oxygen atoms in total. The molecular formula is C12H15N3O. The maximum atomic E-state index is 8.87. The molecule has 0 aromatic carbocycles. The number of nitriles is 1. The highest BCUT2D eigenvalue weighted by Gasteiger charge is 2.31. The number of rotatable bonds is 1. The molecule has 0 radical (unpaired) electrons. The lowest BCUT2D eigenvalue weighted by atomic mass is 10.0. The highest BCUT2D eigenvalue weighted by atomic mass is 16.5. The largest absolute Gasteiger partial charge is 0.377 e. The number of aromatic nitrogens is 1. The molecule has 4 heteroatoms. The zero-order valence-electron chi connectivity index (χ0n) is 9.60. The van der Waals surface area contributed by atoms with E-state index in [9.17, 15) is 0 Å². The Morgan fingerprint density at radius 3 is 3.06 bits per heavy atom. The summed E-state index contributed by atoms with van der Waals surface area (Å²) in [5, 5.41) is 8.87. The molecule has 0 spiro atoms. The van der Waals surface area contributed by atoms with Crippen LogP contribution in [0.4, 0.5) is 5.82 Å². The SMILES string of the molecule is CC1(C)COCCN1c1cc(C#N)ccn1. The predicted molar refractivity (Wildman–Crippen MR) is 61.2 cm³/mol. The van der Waals surface area contributed by atoms with Crippen LogP contribution in [0.15, 0.2) is 18.3 Å². The molecule has 0 N–H and O–H groups in total. The average Bonchev–Trinajstić information content (AvgIpc) is 2.28. The highest BCUT2D eigenvalue weighted by Crippen LogP contribution is 2.25. The molecule has 0 saturated carbocycles. The molecule has 1 saturated heterocycles. The molecule has 0 atom stereocenters. The van der Waals surface area contributed by atoms with Crippen LogP contribution in [0.2, 0.25) is 0 Å². The minimum Gasteiger partial charge on any atom is -0.377 e. The Morgan fingerprint density at radius 1 is 1.56 bits per heavy atom. The van der Waals surface area contributed by atoms with Gasteiger partial charge in [-0.3, -0.25) is 0 Å². The van der Waals surface area contributed by atoms with Crippen molar-refractivity contribution in [1.82, 2.24) is 4.98 Å². The van der Waals surface area contributed by atoms with Crippen molar-refractivity contribution in [2.75, 3.05) is 24.7 Å². The minimum atomic E-state index is -0.0701. The number of hydrogen-bond donors (Lipinski definition) is 0. The summed E-state index contributed by atoms with van der Waals surface area (Å²) in [6.07, 6.45) is 1.68. The zero-order valence-corrected chi connectivity index (χ0v) is 9.60. The number of morpholine rings is 1. The van der Waals surface area contributed by atoms with Gasteiger partial charge in [0.15, 0.2) is 0 Å². The van der Waals surface area contributed by atoms with Gasteiger partial charge in [-0.1, -0.05) is 0 Å². The third-order valence-corrected chi connectivity index (χ3v) is 2.80. The fraction of sp³-hybridized carbons (Fsp3) is 0.500. The molecule has 1 aromatic rings. The topological polar surface area (TPSA) is 49.1 Å². The summed E-state index contributed by atoms with van der Waals surface area (Å²) in [4.78, 5) is 6.52. The van der Waals surface area contributed by atoms with Crippen molar-refractivity contribution < 1.29 is 4.74 Å². The van der Waals surface area contributed by atoms with E-state index in [0.717, 1.165) is 12.4 Å². The van der Waals surface area contributed by atoms with E-state index in [4.69, 9.17) is 10.00 Å². The van der Waals surface area contributed by atoms with Gasteiger partial charge in [-0.25, -0.2) is 4.98 Å². The van der Waals surface area contributed by atoms with E-state index in [-0.39, 0.29) is 5.54 Å². The van der Waals surface area contributed by atoms with Gasteiger partial charge in [-0.15, -0.1) is 0 Å². The molecule has 16 heavy (non-hydrogen) atoms. The Hall–Kier alpha value is -1.60. The molecule has 0 unspecified atom stereocenters. The van der Waals surface area contributed by atoms with Gasteiger partial charge in [-0.05, 0) is 26.0 Å². The van der Waals surface area contributed by atoms with Crippen LogP contribution < -0.4 is 4.90 Å². The summed E-state index contributed by atoms with van der Waals surface area (Å²) in [5.74, 6) is 0.854. The van der Waals surface area contributed by atoms with Gasteiger partial charge >= 0.3 is 0 Å². The molecule has 1 aromatic heterocycles. The summed E-state index contributed by atoms with van der Waals surface area (Å²) in [6, 6.07) is 5.68. The molecule has 1 aliphatic rings. The standard InChI is InChI=1S/C12H15N3O/c1-12(2)9-16-6-5-15(12)11-7-10(8-13)3-4-14-11/h3-4,7H,5-6,9H2,1-2H3. The van der Waals surface area contributed by atoms with Crippen LogP contribution in [0.25, 0.3) is 0 Å². The van der Waals surface area contributed by atoms with Crippen LogP contribution in [0.5, 0.6) is 0 Å². The van der Waals surface area contributed by atoms with E-state index in [0.29, 0.717) is 18.8 Å². The van der Waals surface area contributed by atoms with Crippen molar-refractivity contribution in [2.45, 2.75) is 19.4 Å². The van der Waals surface area contributed by atoms with Crippen molar-refractivity contribution in [3.8, 4) is 6.07 Å². The zero-order chi connectivity index (χ0) is 11.6. The lowest BCUT2D eigenvalue weighted by Crippen LogP contribution is -2.53. The first-order valence-electron chi connectivity index (χ1n) is 5.35. The van der Waals surface area contributed by atoms with Gasteiger partial charge in [0, 0.05) is 12.7 Å². The third kappa shape index (κ3) is 2.00. The molecule has 1 fully saturated rings. The van der Waals surface area contributed by atoms with E-state index < -0.39 is 0 Å². The van der Waals surface area contributed by atoms with Crippen LogP contribution in [0.1, 0.15) is 19.4 Å². The van der Waals surface area contributed by atoms with Crippen molar-refractivity contribution in [2.24, 2.45) is 0 Å². The number of anilines is 1. The van der Waals surface area contributed by atoms with Crippen molar-refractivity contribution in [1.29, 1.82) is 5.26 Å². The fourth-order valence-corrected chi connectivity index (χ4v) is 1.92. The highest BCUT2D eigenvalue weighted by molar-refractivity contribution is 5.47. The second-order valence-corrected chi connectivity index (χ2v) is 4.53. The van der Waals surface area contributed by atoms with Crippen LogP contribution in [-0.4, -0.2) is 30.3 Å². The average molecular weight is 217 g/mol. The van der Waals surface area contributed by atoms with Crippen LogP contribution in [-0.2, 0) is 4.74 Å². The summed E-state index contributed by atoms with van der Waals surface area (Å²) < 4.78 is 5.46. The van der Waals surface area contributed by atoms with Gasteiger partial charge in [0.1, 0.15) is 5.82 Å². The summed E-state index contributed by atoms with van der Waals surface area (Å²) in [5.41, 5.74) is 0.576. The predicted octanol–water partition coefficient (Wildman–Crippen LogP) is 1.57. The fourth-order valence-electron chi connectivity index (χ4n) is 1.92. The Labute approximate surface area is 95.5 Å². The van der Waals surface area contributed by atoms with Gasteiger partial charge in [-0.2, -0.15) is 5.26 Å². The first-order valence-corrected chi connectivity index (χ1v) is 5.35. The van der Waals surface area contributed by atoms with Crippen LogP contribution >= 0.6 is 0 Å². The summed E-state index contributed by atoms with van der Waals surface area (Å²) >= 11 is 0. The molecule has 84 valence electrons. The molecule has 2 heterocycles. The van der Waals surface area contributed by atoms with E-state index in [1.807, 2.05) is 6.07 Å². The lowest BCUT2D eigenvalue weighted by Gasteiger charge is -2.42.